The third kappa shape index (κ3) is 1.92. The van der Waals surface area contributed by atoms with Crippen LogP contribution in [0.4, 0.5) is 5.69 Å². The number of carbonyl (C=O) groups excluding carboxylic acids is 1. The molecule has 5 nitrogen and oxygen atoms in total. The second kappa shape index (κ2) is 4.38. The fourth-order valence-corrected chi connectivity index (χ4v) is 3.60. The molecule has 6 heteroatoms. The molecule has 2 aliphatic rings. The zero-order valence-corrected chi connectivity index (χ0v) is 11.1. The van der Waals surface area contributed by atoms with Crippen LogP contribution in [0.3, 0.4) is 0 Å². The number of aliphatic carboxylic acids is 1. The van der Waals surface area contributed by atoms with Gasteiger partial charge in [0.1, 0.15) is 5.25 Å². The van der Waals surface area contributed by atoms with Crippen LogP contribution in [0.5, 0.6) is 0 Å². The van der Waals surface area contributed by atoms with Crippen LogP contribution in [-0.2, 0) is 9.59 Å². The minimum Gasteiger partial charge on any atom is -0.481 e. The fourth-order valence-electron chi connectivity index (χ4n) is 2.39. The summed E-state index contributed by atoms with van der Waals surface area (Å²) in [7, 11) is 0. The summed E-state index contributed by atoms with van der Waals surface area (Å²) in [6, 6.07) is 7.58. The third-order valence-electron chi connectivity index (χ3n) is 3.32. The van der Waals surface area contributed by atoms with Gasteiger partial charge >= 0.3 is 5.97 Å². The van der Waals surface area contributed by atoms with Crippen LogP contribution >= 0.6 is 11.8 Å². The molecule has 0 spiro atoms. The van der Waals surface area contributed by atoms with E-state index in [0.717, 1.165) is 11.3 Å². The average molecular weight is 276 g/mol. The normalized spacial score (nSPS) is 24.8. The molecule has 3 rings (SSSR count). The number of rotatable bonds is 2. The van der Waals surface area contributed by atoms with Crippen molar-refractivity contribution >= 4 is 34.5 Å². The lowest BCUT2D eigenvalue weighted by molar-refractivity contribution is -0.139. The summed E-state index contributed by atoms with van der Waals surface area (Å²) in [6.45, 7) is 1.94. The molecule has 0 radical (unpaired) electrons. The number of fused-ring (bicyclic) bond motifs is 2. The van der Waals surface area contributed by atoms with Crippen molar-refractivity contribution in [2.45, 2.75) is 24.6 Å². The molecule has 98 valence electrons. The quantitative estimate of drug-likeness (QED) is 0.898. The molecule has 1 fully saturated rings. The van der Waals surface area contributed by atoms with Crippen LogP contribution in [0.2, 0.25) is 0 Å². The molecule has 0 unspecified atom stereocenters. The van der Waals surface area contributed by atoms with E-state index in [1.807, 2.05) is 31.2 Å². The van der Waals surface area contributed by atoms with Crippen molar-refractivity contribution in [2.24, 2.45) is 4.99 Å². The Bertz CT molecular complexity index is 599. The number of thioether (sulfide) groups is 1. The van der Waals surface area contributed by atoms with E-state index in [0.29, 0.717) is 5.17 Å². The maximum atomic E-state index is 12.3. The first-order valence-electron chi connectivity index (χ1n) is 5.97. The molecule has 2 atom stereocenters. The molecule has 0 aromatic heterocycles. The zero-order valence-electron chi connectivity index (χ0n) is 10.2. The van der Waals surface area contributed by atoms with Crippen LogP contribution in [0.25, 0.3) is 0 Å². The molecule has 1 aromatic carbocycles. The monoisotopic (exact) mass is 276 g/mol. The van der Waals surface area contributed by atoms with Crippen LogP contribution < -0.4 is 0 Å². The predicted octanol–water partition coefficient (Wildman–Crippen LogP) is 2.17. The van der Waals surface area contributed by atoms with Gasteiger partial charge in [0.25, 0.3) is 0 Å². The van der Waals surface area contributed by atoms with Gasteiger partial charge in [-0.2, -0.15) is 0 Å². The predicted molar refractivity (Wildman–Crippen MR) is 72.4 cm³/mol. The van der Waals surface area contributed by atoms with Crippen LogP contribution in [0.1, 0.15) is 24.9 Å². The Balaban J connectivity index is 1.98. The number of hydrogen-bond acceptors (Lipinski definition) is 4. The van der Waals surface area contributed by atoms with Crippen molar-refractivity contribution in [1.29, 1.82) is 0 Å². The van der Waals surface area contributed by atoms with E-state index in [4.69, 9.17) is 5.11 Å². The summed E-state index contributed by atoms with van der Waals surface area (Å²) in [5.74, 6) is -1.12. The topological polar surface area (TPSA) is 70.0 Å². The number of amidine groups is 1. The van der Waals surface area contributed by atoms with Crippen molar-refractivity contribution in [3.63, 3.8) is 0 Å². The summed E-state index contributed by atoms with van der Waals surface area (Å²) in [6.07, 6.45) is -0.165. The highest BCUT2D eigenvalue weighted by atomic mass is 32.2. The van der Waals surface area contributed by atoms with Crippen molar-refractivity contribution in [3.8, 4) is 0 Å². The molecule has 1 saturated heterocycles. The first-order valence-corrected chi connectivity index (χ1v) is 6.85. The molecule has 1 amide bonds. The second-order valence-electron chi connectivity index (χ2n) is 4.54. The van der Waals surface area contributed by atoms with Crippen molar-refractivity contribution in [3.05, 3.63) is 29.8 Å². The van der Waals surface area contributed by atoms with Gasteiger partial charge < -0.3 is 5.11 Å². The Hall–Kier alpha value is -1.82. The maximum absolute atomic E-state index is 12.3. The van der Waals surface area contributed by atoms with E-state index in [-0.39, 0.29) is 18.4 Å². The minimum atomic E-state index is -0.962. The summed E-state index contributed by atoms with van der Waals surface area (Å²) in [4.78, 5) is 29.1. The highest BCUT2D eigenvalue weighted by molar-refractivity contribution is 8.15. The van der Waals surface area contributed by atoms with E-state index >= 15 is 0 Å². The summed E-state index contributed by atoms with van der Waals surface area (Å²) in [5.41, 5.74) is 1.86. The lowest BCUT2D eigenvalue weighted by atomic mass is 10.0. The Labute approximate surface area is 114 Å². The molecule has 19 heavy (non-hydrogen) atoms. The van der Waals surface area contributed by atoms with Gasteiger partial charge in [-0.25, -0.2) is 4.99 Å². The SMILES string of the molecule is C[C@H]1c2ccccc2N=C2S[C@@H](CC(=O)O)C(=O)N21. The number of benzene rings is 1. The number of hydrogen-bond donors (Lipinski definition) is 1. The van der Waals surface area contributed by atoms with Gasteiger partial charge in [0.2, 0.25) is 5.91 Å². The van der Waals surface area contributed by atoms with Gasteiger partial charge in [-0.05, 0) is 13.0 Å². The Kier molecular flexibility index (Phi) is 2.82. The van der Waals surface area contributed by atoms with Crippen LogP contribution in [0.15, 0.2) is 29.3 Å². The fraction of sp³-hybridized carbons (Fsp3) is 0.308. The lowest BCUT2D eigenvalue weighted by Crippen LogP contribution is -2.36. The van der Waals surface area contributed by atoms with E-state index in [1.165, 1.54) is 11.8 Å². The molecule has 0 bridgehead atoms. The molecular weight excluding hydrogens is 264 g/mol. The minimum absolute atomic E-state index is 0.0949. The standard InChI is InChI=1S/C13H12N2O3S/c1-7-8-4-2-3-5-9(8)14-13-15(7)12(18)10(19-13)6-11(16)17/h2-5,7,10H,6H2,1H3,(H,16,17)/t7-,10-/m0/s1. The van der Waals surface area contributed by atoms with Crippen LogP contribution in [-0.4, -0.2) is 32.3 Å². The number of aliphatic imine (C=N–C) groups is 1. The highest BCUT2D eigenvalue weighted by Crippen LogP contribution is 2.43. The lowest BCUT2D eigenvalue weighted by Gasteiger charge is -2.29. The van der Waals surface area contributed by atoms with E-state index in [2.05, 4.69) is 4.99 Å². The first kappa shape index (κ1) is 12.2. The van der Waals surface area contributed by atoms with Gasteiger partial charge in [0, 0.05) is 5.56 Å². The van der Waals surface area contributed by atoms with E-state index in [9.17, 15) is 9.59 Å². The zero-order chi connectivity index (χ0) is 13.6. The number of amides is 1. The number of para-hydroxylation sites is 1. The molecule has 0 saturated carbocycles. The van der Waals surface area contributed by atoms with E-state index < -0.39 is 11.2 Å². The molecule has 0 aliphatic carbocycles. The molecule has 2 aliphatic heterocycles. The Morgan fingerprint density at radius 3 is 2.95 bits per heavy atom. The maximum Gasteiger partial charge on any atom is 0.305 e. The molecule has 2 heterocycles. The van der Waals surface area contributed by atoms with Gasteiger partial charge in [-0.15, -0.1) is 0 Å². The first-order chi connectivity index (χ1) is 9.08. The van der Waals surface area contributed by atoms with Gasteiger partial charge in [-0.1, -0.05) is 30.0 Å². The number of carboxylic acid groups (broad SMARTS) is 1. The molecule has 1 aromatic rings. The molecule has 1 N–H and O–H groups in total. The third-order valence-corrected chi connectivity index (χ3v) is 4.47. The Morgan fingerprint density at radius 2 is 2.21 bits per heavy atom. The van der Waals surface area contributed by atoms with Crippen molar-refractivity contribution in [2.75, 3.05) is 0 Å². The number of carboxylic acids is 1. The smallest absolute Gasteiger partial charge is 0.305 e. The summed E-state index contributed by atoms with van der Waals surface area (Å²) >= 11 is 1.24. The second-order valence-corrected chi connectivity index (χ2v) is 5.71. The van der Waals surface area contributed by atoms with Crippen molar-refractivity contribution in [1.82, 2.24) is 4.90 Å². The summed E-state index contributed by atoms with van der Waals surface area (Å²) < 4.78 is 0. The average Bonchev–Trinajstić information content (AvgIpc) is 2.66. The highest BCUT2D eigenvalue weighted by Gasteiger charge is 2.44. The summed E-state index contributed by atoms with van der Waals surface area (Å²) in [5, 5.41) is 8.89. The van der Waals surface area contributed by atoms with E-state index in [1.54, 1.807) is 4.90 Å². The van der Waals surface area contributed by atoms with Gasteiger partial charge in [-0.3, -0.25) is 14.5 Å². The Morgan fingerprint density at radius 1 is 1.47 bits per heavy atom. The number of carbonyl (C=O) groups is 2. The van der Waals surface area contributed by atoms with Gasteiger partial charge in [0.05, 0.1) is 18.2 Å². The molecular formula is C13H12N2O3S. The van der Waals surface area contributed by atoms with Gasteiger partial charge in [0.15, 0.2) is 5.17 Å². The van der Waals surface area contributed by atoms with Crippen molar-refractivity contribution < 1.29 is 14.7 Å². The number of nitrogens with zero attached hydrogens (tertiary/aromatic N) is 2. The van der Waals surface area contributed by atoms with Crippen LogP contribution in [0, 0.1) is 0 Å². The largest absolute Gasteiger partial charge is 0.481 e.